The molecule has 0 fully saturated rings. The number of ether oxygens (including phenoxy) is 1. The lowest BCUT2D eigenvalue weighted by Crippen LogP contribution is -2.36. The van der Waals surface area contributed by atoms with E-state index in [1.165, 1.54) is 25.9 Å². The van der Waals surface area contributed by atoms with Crippen LogP contribution in [0.1, 0.15) is 29.3 Å². The fraction of sp³-hybridized carbons (Fsp3) is 0.192. The molecule has 1 heterocycles. The van der Waals surface area contributed by atoms with Crippen LogP contribution in [-0.2, 0) is 21.1 Å². The van der Waals surface area contributed by atoms with Crippen LogP contribution in [0.5, 0.6) is 0 Å². The zero-order chi connectivity index (χ0) is 22.2. The lowest BCUT2D eigenvalue weighted by molar-refractivity contribution is 0.0253. The summed E-state index contributed by atoms with van der Waals surface area (Å²) in [5.74, 6) is 0. The highest BCUT2D eigenvalue weighted by molar-refractivity contribution is 14.2. The summed E-state index contributed by atoms with van der Waals surface area (Å²) in [5, 5.41) is 0. The Kier molecular flexibility index (Phi) is 8.02. The molecule has 164 valence electrons. The van der Waals surface area contributed by atoms with Crippen LogP contribution in [0.15, 0.2) is 104 Å². The van der Waals surface area contributed by atoms with Gasteiger partial charge in [0.25, 0.3) is 0 Å². The van der Waals surface area contributed by atoms with Gasteiger partial charge in [0.1, 0.15) is 5.54 Å². The molecular formula is C26H25IN2O2S. The van der Waals surface area contributed by atoms with Crippen LogP contribution < -0.4 is 0 Å². The second-order valence-corrected chi connectivity index (χ2v) is 8.99. The average Bonchev–Trinajstić information content (AvgIpc) is 3.33. The Balaban J connectivity index is 1.80. The predicted molar refractivity (Wildman–Crippen MR) is 139 cm³/mol. The quantitative estimate of drug-likeness (QED) is 0.125. The number of benzene rings is 3. The summed E-state index contributed by atoms with van der Waals surface area (Å²) in [6, 6.07) is 31.7. The van der Waals surface area contributed by atoms with Crippen molar-refractivity contribution in [2.75, 3.05) is 6.61 Å². The molecule has 4 aromatic rings. The van der Waals surface area contributed by atoms with Crippen molar-refractivity contribution in [3.05, 3.63) is 126 Å². The van der Waals surface area contributed by atoms with E-state index in [9.17, 15) is 0 Å². The Morgan fingerprint density at radius 1 is 0.875 bits per heavy atom. The Morgan fingerprint density at radius 3 is 1.84 bits per heavy atom. The maximum Gasteiger partial charge on any atom is 0.121 e. The van der Waals surface area contributed by atoms with Gasteiger partial charge in [0, 0.05) is 27.4 Å². The molecule has 0 aliphatic carbocycles. The maximum atomic E-state index is 5.96. The molecule has 0 amide bonds. The van der Waals surface area contributed by atoms with E-state index in [4.69, 9.17) is 13.9 Å². The first-order valence-electron chi connectivity index (χ1n) is 10.5. The van der Waals surface area contributed by atoms with E-state index in [1.807, 2.05) is 13.3 Å². The van der Waals surface area contributed by atoms with E-state index in [2.05, 4.69) is 123 Å². The van der Waals surface area contributed by atoms with Gasteiger partial charge in [-0.3, -0.25) is 0 Å². The summed E-state index contributed by atoms with van der Waals surface area (Å²) in [7, 11) is 1.32. The van der Waals surface area contributed by atoms with Gasteiger partial charge in [0.15, 0.2) is 0 Å². The minimum Gasteiger partial charge on any atom is -0.370 e. The molecule has 1 atom stereocenters. The fourth-order valence-electron chi connectivity index (χ4n) is 4.00. The predicted octanol–water partition coefficient (Wildman–Crippen LogP) is 6.64. The molecule has 0 aliphatic rings. The number of imidazole rings is 1. The van der Waals surface area contributed by atoms with E-state index >= 15 is 0 Å². The summed E-state index contributed by atoms with van der Waals surface area (Å²) < 4.78 is 13.5. The number of rotatable bonds is 10. The molecule has 4 rings (SSSR count). The normalized spacial score (nSPS) is 12.6. The minimum atomic E-state index is -0.554. The fourth-order valence-corrected chi connectivity index (χ4v) is 4.69. The van der Waals surface area contributed by atoms with E-state index in [-0.39, 0.29) is 6.10 Å². The largest absolute Gasteiger partial charge is 0.370 e. The Hall–Kier alpha value is -2.13. The summed E-state index contributed by atoms with van der Waals surface area (Å²) >= 11 is 2.11. The first kappa shape index (κ1) is 23.0. The molecule has 3 aromatic carbocycles. The van der Waals surface area contributed by atoms with Crippen LogP contribution >= 0.6 is 30.4 Å². The molecule has 1 aromatic heterocycles. The zero-order valence-electron chi connectivity index (χ0n) is 17.8. The van der Waals surface area contributed by atoms with E-state index in [0.29, 0.717) is 13.2 Å². The number of hydrogen-bond acceptors (Lipinski definition) is 4. The van der Waals surface area contributed by atoms with Gasteiger partial charge >= 0.3 is 0 Å². The van der Waals surface area contributed by atoms with E-state index < -0.39 is 5.54 Å². The zero-order valence-corrected chi connectivity index (χ0v) is 20.8. The number of halogens is 1. The number of hydrogen-bond donors (Lipinski definition) is 0. The number of nitrogens with zero attached hydrogens (tertiary/aromatic N) is 2. The third kappa shape index (κ3) is 4.93. The van der Waals surface area contributed by atoms with E-state index in [0.717, 1.165) is 5.69 Å². The summed E-state index contributed by atoms with van der Waals surface area (Å²) in [4.78, 5) is 4.70. The molecule has 0 radical (unpaired) electrons. The smallest absolute Gasteiger partial charge is 0.121 e. The van der Waals surface area contributed by atoms with Crippen molar-refractivity contribution < 1.29 is 8.92 Å². The third-order valence-electron chi connectivity index (χ3n) is 5.46. The van der Waals surface area contributed by atoms with Crippen molar-refractivity contribution >= 4 is 30.4 Å². The molecule has 0 bridgehead atoms. The second-order valence-electron chi connectivity index (χ2n) is 7.55. The molecular weight excluding hydrogens is 531 g/mol. The van der Waals surface area contributed by atoms with Crippen LogP contribution in [-0.4, -0.2) is 22.3 Å². The van der Waals surface area contributed by atoms with Gasteiger partial charge in [0.2, 0.25) is 0 Å². The van der Waals surface area contributed by atoms with Gasteiger partial charge < -0.3 is 13.5 Å². The molecule has 0 saturated heterocycles. The van der Waals surface area contributed by atoms with Crippen LogP contribution in [0.3, 0.4) is 0 Å². The highest BCUT2D eigenvalue weighted by atomic mass is 127. The van der Waals surface area contributed by atoms with Crippen LogP contribution in [0.2, 0.25) is 0 Å². The highest BCUT2D eigenvalue weighted by Gasteiger charge is 2.38. The van der Waals surface area contributed by atoms with Gasteiger partial charge in [-0.05, 0) is 23.6 Å². The van der Waals surface area contributed by atoms with Crippen molar-refractivity contribution in [2.24, 2.45) is 0 Å². The highest BCUT2D eigenvalue weighted by Crippen LogP contribution is 2.40. The summed E-state index contributed by atoms with van der Waals surface area (Å²) in [6.45, 7) is 2.97. The molecule has 6 heteroatoms. The standard InChI is InChI=1S/C26H25IN2O2S/c1-21(18-31-32-27)30-19-25-17-29(20-28-25)26(22-11-5-2-6-12-22,23-13-7-3-8-14-23)24-15-9-4-10-16-24/h2-17,20-21H,18-19H2,1H3. The van der Waals surface area contributed by atoms with Gasteiger partial charge in [-0.15, -0.1) is 0 Å². The lowest BCUT2D eigenvalue weighted by Gasteiger charge is -2.37. The molecule has 4 nitrogen and oxygen atoms in total. The minimum absolute atomic E-state index is 0.00968. The van der Waals surface area contributed by atoms with Crippen molar-refractivity contribution in [1.29, 1.82) is 0 Å². The van der Waals surface area contributed by atoms with Gasteiger partial charge in [-0.2, -0.15) is 0 Å². The Labute approximate surface area is 205 Å². The summed E-state index contributed by atoms with van der Waals surface area (Å²) in [5.41, 5.74) is 3.84. The SMILES string of the molecule is CC(COSI)OCc1cn(C(c2ccccc2)(c2ccccc2)c2ccccc2)cn1. The first-order chi connectivity index (χ1) is 15.7. The van der Waals surface area contributed by atoms with Crippen molar-refractivity contribution in [1.82, 2.24) is 9.55 Å². The molecule has 32 heavy (non-hydrogen) atoms. The van der Waals surface area contributed by atoms with Crippen molar-refractivity contribution in [3.63, 3.8) is 0 Å². The van der Waals surface area contributed by atoms with Gasteiger partial charge in [0.05, 0.1) is 40.6 Å². The van der Waals surface area contributed by atoms with Gasteiger partial charge in [-0.1, -0.05) is 91.0 Å². The second kappa shape index (κ2) is 11.1. The third-order valence-corrected chi connectivity index (χ3v) is 6.45. The topological polar surface area (TPSA) is 36.3 Å². The number of aromatic nitrogens is 2. The van der Waals surface area contributed by atoms with Gasteiger partial charge in [-0.25, -0.2) is 4.98 Å². The lowest BCUT2D eigenvalue weighted by atomic mass is 9.77. The van der Waals surface area contributed by atoms with Crippen molar-refractivity contribution in [2.45, 2.75) is 25.2 Å². The maximum absolute atomic E-state index is 5.96. The molecule has 0 N–H and O–H groups in total. The van der Waals surface area contributed by atoms with Crippen LogP contribution in [0.25, 0.3) is 0 Å². The first-order valence-corrected chi connectivity index (χ1v) is 13.8. The Bertz CT molecular complexity index is 994. The molecule has 0 aliphatic heterocycles. The average molecular weight is 556 g/mol. The van der Waals surface area contributed by atoms with E-state index in [1.54, 1.807) is 0 Å². The van der Waals surface area contributed by atoms with Crippen LogP contribution in [0.4, 0.5) is 0 Å². The Morgan fingerprint density at radius 2 is 1.38 bits per heavy atom. The van der Waals surface area contributed by atoms with Crippen LogP contribution in [0, 0.1) is 0 Å². The molecule has 0 saturated carbocycles. The monoisotopic (exact) mass is 556 g/mol. The molecule has 1 unspecified atom stereocenters. The summed E-state index contributed by atoms with van der Waals surface area (Å²) in [6.07, 6.45) is 3.99. The molecule has 0 spiro atoms. The van der Waals surface area contributed by atoms with Crippen molar-refractivity contribution in [3.8, 4) is 0 Å².